The summed E-state index contributed by atoms with van der Waals surface area (Å²) in [5.74, 6) is 0.763. The summed E-state index contributed by atoms with van der Waals surface area (Å²) in [6.07, 6.45) is 11.7. The van der Waals surface area contributed by atoms with Crippen LogP contribution in [-0.2, 0) is 18.3 Å². The van der Waals surface area contributed by atoms with E-state index in [1.54, 1.807) is 0 Å². The summed E-state index contributed by atoms with van der Waals surface area (Å²) in [6, 6.07) is 10.1. The molecule has 5 rings (SSSR count). The van der Waals surface area contributed by atoms with Crippen LogP contribution in [0.25, 0.3) is 11.3 Å². The van der Waals surface area contributed by atoms with Gasteiger partial charge in [0, 0.05) is 50.0 Å². The Kier molecular flexibility index (Phi) is 6.72. The highest BCUT2D eigenvalue weighted by atomic mass is 16.5. The van der Waals surface area contributed by atoms with Crippen LogP contribution >= 0.6 is 0 Å². The second-order valence-electron chi connectivity index (χ2n) is 9.79. The molecule has 2 aromatic rings. The van der Waals surface area contributed by atoms with E-state index in [1.165, 1.54) is 74.7 Å². The number of rotatable bonds is 5. The van der Waals surface area contributed by atoms with Crippen LogP contribution in [0.1, 0.15) is 62.0 Å². The van der Waals surface area contributed by atoms with Gasteiger partial charge in [0.05, 0.1) is 18.9 Å². The molecule has 3 aliphatic rings. The van der Waals surface area contributed by atoms with Crippen LogP contribution in [-0.4, -0.2) is 65.0 Å². The maximum atomic E-state index is 5.53. The lowest BCUT2D eigenvalue weighted by Crippen LogP contribution is -2.48. The smallest absolute Gasteiger partial charge is 0.0968 e. The monoisotopic (exact) mass is 422 g/mol. The minimum Gasteiger partial charge on any atom is -0.379 e. The van der Waals surface area contributed by atoms with E-state index in [4.69, 9.17) is 9.84 Å². The number of hydrogen-bond acceptors (Lipinski definition) is 4. The number of benzene rings is 1. The molecule has 0 spiro atoms. The van der Waals surface area contributed by atoms with E-state index in [-0.39, 0.29) is 0 Å². The summed E-state index contributed by atoms with van der Waals surface area (Å²) in [6.45, 7) is 7.37. The summed E-state index contributed by atoms with van der Waals surface area (Å²) in [7, 11) is 2.05. The minimum absolute atomic E-state index is 0.737. The second kappa shape index (κ2) is 9.85. The molecule has 5 nitrogen and oxygen atoms in total. The number of morpholine rings is 1. The maximum Gasteiger partial charge on any atom is 0.0968 e. The molecule has 2 aliphatic heterocycles. The second-order valence-corrected chi connectivity index (χ2v) is 9.79. The van der Waals surface area contributed by atoms with Gasteiger partial charge in [-0.05, 0) is 50.3 Å². The summed E-state index contributed by atoms with van der Waals surface area (Å²) >= 11 is 0. The van der Waals surface area contributed by atoms with Gasteiger partial charge >= 0.3 is 0 Å². The van der Waals surface area contributed by atoms with Crippen molar-refractivity contribution < 1.29 is 4.74 Å². The molecular formula is C26H38N4O. The molecule has 0 amide bonds. The van der Waals surface area contributed by atoms with Crippen molar-refractivity contribution in [3.63, 3.8) is 0 Å². The summed E-state index contributed by atoms with van der Waals surface area (Å²) in [4.78, 5) is 5.26. The number of aryl methyl sites for hydroxylation is 1. The molecule has 0 bridgehead atoms. The molecule has 31 heavy (non-hydrogen) atoms. The van der Waals surface area contributed by atoms with Crippen LogP contribution < -0.4 is 0 Å². The molecular weight excluding hydrogens is 384 g/mol. The lowest BCUT2D eigenvalue weighted by Gasteiger charge is -2.40. The topological polar surface area (TPSA) is 33.5 Å². The van der Waals surface area contributed by atoms with E-state index in [9.17, 15) is 0 Å². The Hall–Kier alpha value is -1.69. The van der Waals surface area contributed by atoms with E-state index in [0.717, 1.165) is 50.5 Å². The first-order chi connectivity index (χ1) is 15.3. The first kappa shape index (κ1) is 21.2. The molecule has 1 saturated carbocycles. The van der Waals surface area contributed by atoms with Crippen LogP contribution in [0.15, 0.2) is 30.5 Å². The van der Waals surface area contributed by atoms with Gasteiger partial charge in [-0.3, -0.25) is 14.5 Å². The molecule has 1 aliphatic carbocycles. The third kappa shape index (κ3) is 5.05. The third-order valence-corrected chi connectivity index (χ3v) is 7.68. The lowest BCUT2D eigenvalue weighted by molar-refractivity contribution is 0.000240. The summed E-state index contributed by atoms with van der Waals surface area (Å²) < 4.78 is 7.51. The van der Waals surface area contributed by atoms with E-state index >= 15 is 0 Å². The summed E-state index contributed by atoms with van der Waals surface area (Å²) in [5, 5.41) is 4.84. The van der Waals surface area contributed by atoms with Crippen molar-refractivity contribution in [1.82, 2.24) is 19.6 Å². The molecule has 0 radical (unpaired) electrons. The van der Waals surface area contributed by atoms with Crippen molar-refractivity contribution in [2.45, 2.75) is 63.5 Å². The number of likely N-dealkylation sites (tertiary alicyclic amines) is 1. The zero-order valence-corrected chi connectivity index (χ0v) is 19.1. The zero-order chi connectivity index (χ0) is 21.0. The van der Waals surface area contributed by atoms with Crippen molar-refractivity contribution in [2.75, 3.05) is 39.4 Å². The highest BCUT2D eigenvalue weighted by Crippen LogP contribution is 2.34. The number of aromatic nitrogens is 2. The largest absolute Gasteiger partial charge is 0.379 e. The Morgan fingerprint density at radius 2 is 1.61 bits per heavy atom. The van der Waals surface area contributed by atoms with Gasteiger partial charge in [0.2, 0.25) is 0 Å². The average Bonchev–Trinajstić information content (AvgIpc) is 3.20. The average molecular weight is 423 g/mol. The third-order valence-electron chi connectivity index (χ3n) is 7.68. The fourth-order valence-corrected chi connectivity index (χ4v) is 5.87. The van der Waals surface area contributed by atoms with Crippen molar-refractivity contribution in [2.24, 2.45) is 7.05 Å². The predicted molar refractivity (Wildman–Crippen MR) is 125 cm³/mol. The van der Waals surface area contributed by atoms with Crippen molar-refractivity contribution in [3.05, 3.63) is 41.6 Å². The van der Waals surface area contributed by atoms with E-state index in [2.05, 4.69) is 40.3 Å². The molecule has 0 unspecified atom stereocenters. The minimum atomic E-state index is 0.737. The van der Waals surface area contributed by atoms with E-state index < -0.39 is 0 Å². The Bertz CT molecular complexity index is 826. The number of ether oxygens (including phenoxy) is 1. The quantitative estimate of drug-likeness (QED) is 0.714. The Balaban J connectivity index is 1.22. The standard InChI is InChI=1S/C26H38N4O/c1-28-19-24(20-29-13-11-25(12-14-29)30-15-17-31-18-16-30)26(27-28)23-9-7-22(8-10-23)21-5-3-2-4-6-21/h7-10,19,21,25H,2-6,11-18,20H2,1H3. The Morgan fingerprint density at radius 3 is 2.32 bits per heavy atom. The Morgan fingerprint density at radius 1 is 0.903 bits per heavy atom. The molecule has 168 valence electrons. The number of piperidine rings is 1. The van der Waals surface area contributed by atoms with Crippen LogP contribution in [0, 0.1) is 0 Å². The van der Waals surface area contributed by atoms with Gasteiger partial charge in [0.15, 0.2) is 0 Å². The molecule has 0 atom stereocenters. The SMILES string of the molecule is Cn1cc(CN2CCC(N3CCOCC3)CC2)c(-c2ccc(C3CCCCC3)cc2)n1. The highest BCUT2D eigenvalue weighted by molar-refractivity contribution is 5.63. The van der Waals surface area contributed by atoms with Gasteiger partial charge in [-0.25, -0.2) is 0 Å². The van der Waals surface area contributed by atoms with Gasteiger partial charge in [-0.2, -0.15) is 5.10 Å². The molecule has 3 fully saturated rings. The molecule has 0 N–H and O–H groups in total. The van der Waals surface area contributed by atoms with Gasteiger partial charge < -0.3 is 4.74 Å². The van der Waals surface area contributed by atoms with Crippen LogP contribution in [0.2, 0.25) is 0 Å². The normalized spacial score (nSPS) is 22.7. The number of nitrogens with zero attached hydrogens (tertiary/aromatic N) is 4. The fraction of sp³-hybridized carbons (Fsp3) is 0.654. The van der Waals surface area contributed by atoms with Crippen LogP contribution in [0.4, 0.5) is 0 Å². The van der Waals surface area contributed by atoms with Gasteiger partial charge in [0.25, 0.3) is 0 Å². The van der Waals surface area contributed by atoms with Gasteiger partial charge in [0.1, 0.15) is 0 Å². The van der Waals surface area contributed by atoms with Crippen molar-refractivity contribution >= 4 is 0 Å². The first-order valence-corrected chi connectivity index (χ1v) is 12.4. The molecule has 1 aromatic carbocycles. The van der Waals surface area contributed by atoms with Crippen LogP contribution in [0.5, 0.6) is 0 Å². The molecule has 2 saturated heterocycles. The maximum absolute atomic E-state index is 5.53. The predicted octanol–water partition coefficient (Wildman–Crippen LogP) is 4.43. The molecule has 3 heterocycles. The van der Waals surface area contributed by atoms with Gasteiger partial charge in [-0.15, -0.1) is 0 Å². The van der Waals surface area contributed by atoms with Gasteiger partial charge in [-0.1, -0.05) is 43.5 Å². The zero-order valence-electron chi connectivity index (χ0n) is 19.1. The fourth-order valence-electron chi connectivity index (χ4n) is 5.87. The van der Waals surface area contributed by atoms with E-state index in [0.29, 0.717) is 0 Å². The highest BCUT2D eigenvalue weighted by Gasteiger charge is 2.26. The molecule has 1 aromatic heterocycles. The Labute approximate surface area is 187 Å². The van der Waals surface area contributed by atoms with Crippen LogP contribution in [0.3, 0.4) is 0 Å². The summed E-state index contributed by atoms with van der Waals surface area (Å²) in [5.41, 5.74) is 5.30. The first-order valence-electron chi connectivity index (χ1n) is 12.4. The van der Waals surface area contributed by atoms with Crippen molar-refractivity contribution in [3.8, 4) is 11.3 Å². The lowest BCUT2D eigenvalue weighted by atomic mass is 9.84. The molecule has 5 heteroatoms. The van der Waals surface area contributed by atoms with Crippen molar-refractivity contribution in [1.29, 1.82) is 0 Å². The number of hydrogen-bond donors (Lipinski definition) is 0. The van der Waals surface area contributed by atoms with E-state index in [1.807, 2.05) is 11.7 Å².